The van der Waals surface area contributed by atoms with E-state index in [1.54, 1.807) is 9.80 Å². The van der Waals surface area contributed by atoms with Crippen LogP contribution in [0, 0.1) is 11.6 Å². The topological polar surface area (TPSA) is 69.7 Å². The average Bonchev–Trinajstić information content (AvgIpc) is 2.86. The van der Waals surface area contributed by atoms with Crippen molar-refractivity contribution < 1.29 is 22.0 Å². The lowest BCUT2D eigenvalue weighted by molar-refractivity contribution is 0.191. The maximum Gasteiger partial charge on any atom is 0.317 e. The Morgan fingerprint density at radius 3 is 2.29 bits per heavy atom. The van der Waals surface area contributed by atoms with Gasteiger partial charge in [0.15, 0.2) is 9.84 Å². The maximum absolute atomic E-state index is 13.8. The highest BCUT2D eigenvalue weighted by Gasteiger charge is 2.31. The molecule has 2 amide bonds. The van der Waals surface area contributed by atoms with Gasteiger partial charge >= 0.3 is 6.03 Å². The van der Waals surface area contributed by atoms with Gasteiger partial charge in [0.1, 0.15) is 17.3 Å². The highest BCUT2D eigenvalue weighted by molar-refractivity contribution is 7.91. The van der Waals surface area contributed by atoms with Crippen LogP contribution in [0.5, 0.6) is 0 Å². The van der Waals surface area contributed by atoms with E-state index in [2.05, 4.69) is 5.32 Å². The van der Waals surface area contributed by atoms with Crippen LogP contribution in [-0.4, -0.2) is 63.1 Å². The number of sulfone groups is 1. The van der Waals surface area contributed by atoms with Crippen LogP contribution >= 0.6 is 0 Å². The third kappa shape index (κ3) is 3.61. The van der Waals surface area contributed by atoms with E-state index in [4.69, 9.17) is 0 Å². The predicted octanol–water partition coefficient (Wildman–Crippen LogP) is 0.984. The number of anilines is 1. The summed E-state index contributed by atoms with van der Waals surface area (Å²) < 4.78 is 50.4. The van der Waals surface area contributed by atoms with Gasteiger partial charge in [0.05, 0.1) is 11.5 Å². The number of carbonyl (C=O) groups is 1. The largest absolute Gasteiger partial charge is 0.363 e. The van der Waals surface area contributed by atoms with E-state index >= 15 is 0 Å². The molecule has 1 atom stereocenters. The van der Waals surface area contributed by atoms with Gasteiger partial charge in [0.2, 0.25) is 0 Å². The molecule has 1 unspecified atom stereocenters. The summed E-state index contributed by atoms with van der Waals surface area (Å²) >= 11 is 0. The third-order valence-electron chi connectivity index (χ3n) is 4.38. The SMILES string of the molecule is O=C(NC1CCS(=O)(=O)C1)N1CCN(c2c(F)cccc2F)CC1. The molecule has 0 bridgehead atoms. The number of para-hydroxylation sites is 1. The Labute approximate surface area is 139 Å². The minimum absolute atomic E-state index is 0.0286. The van der Waals surface area contributed by atoms with Gasteiger partial charge in [-0.1, -0.05) is 6.07 Å². The number of rotatable bonds is 2. The van der Waals surface area contributed by atoms with Crippen molar-refractivity contribution in [1.29, 1.82) is 0 Å². The molecule has 0 aliphatic carbocycles. The fraction of sp³-hybridized carbons (Fsp3) is 0.533. The number of benzene rings is 1. The Morgan fingerprint density at radius 2 is 1.75 bits per heavy atom. The molecule has 1 aromatic carbocycles. The van der Waals surface area contributed by atoms with E-state index in [0.29, 0.717) is 32.6 Å². The number of urea groups is 1. The number of nitrogens with one attached hydrogen (secondary N) is 1. The van der Waals surface area contributed by atoms with Crippen LogP contribution < -0.4 is 10.2 Å². The molecule has 2 saturated heterocycles. The molecule has 132 valence electrons. The second kappa shape index (κ2) is 6.54. The predicted molar refractivity (Wildman–Crippen MR) is 85.7 cm³/mol. The Morgan fingerprint density at radius 1 is 1.12 bits per heavy atom. The first-order valence-electron chi connectivity index (χ1n) is 7.80. The lowest BCUT2D eigenvalue weighted by Gasteiger charge is -2.36. The fourth-order valence-corrected chi connectivity index (χ4v) is 4.77. The quantitative estimate of drug-likeness (QED) is 0.855. The van der Waals surface area contributed by atoms with Crippen molar-refractivity contribution in [1.82, 2.24) is 10.2 Å². The summed E-state index contributed by atoms with van der Waals surface area (Å²) in [6.45, 7) is 1.26. The molecule has 2 heterocycles. The molecule has 1 aromatic rings. The minimum Gasteiger partial charge on any atom is -0.363 e. The minimum atomic E-state index is -3.05. The number of hydrogen-bond acceptors (Lipinski definition) is 4. The van der Waals surface area contributed by atoms with Crippen molar-refractivity contribution >= 4 is 21.6 Å². The lowest BCUT2D eigenvalue weighted by Crippen LogP contribution is -2.54. The van der Waals surface area contributed by atoms with Crippen LogP contribution in [0.15, 0.2) is 18.2 Å². The molecule has 2 aliphatic heterocycles. The molecule has 3 rings (SSSR count). The van der Waals surface area contributed by atoms with Crippen LogP contribution in [0.25, 0.3) is 0 Å². The van der Waals surface area contributed by atoms with Gasteiger partial charge in [0, 0.05) is 32.2 Å². The number of amides is 2. The van der Waals surface area contributed by atoms with E-state index in [1.807, 2.05) is 0 Å². The number of piperazine rings is 1. The highest BCUT2D eigenvalue weighted by atomic mass is 32.2. The molecule has 2 aliphatic rings. The van der Waals surface area contributed by atoms with Crippen molar-refractivity contribution in [2.75, 3.05) is 42.6 Å². The van der Waals surface area contributed by atoms with Crippen LogP contribution in [0.4, 0.5) is 19.3 Å². The fourth-order valence-electron chi connectivity index (χ4n) is 3.10. The summed E-state index contributed by atoms with van der Waals surface area (Å²) in [5, 5.41) is 2.72. The zero-order valence-corrected chi connectivity index (χ0v) is 13.9. The van der Waals surface area contributed by atoms with Crippen LogP contribution in [-0.2, 0) is 9.84 Å². The normalized spacial score (nSPS) is 23.3. The van der Waals surface area contributed by atoms with Gasteiger partial charge in [0.25, 0.3) is 0 Å². The molecule has 0 spiro atoms. The first-order chi connectivity index (χ1) is 11.4. The van der Waals surface area contributed by atoms with Gasteiger partial charge in [-0.3, -0.25) is 0 Å². The first kappa shape index (κ1) is 16.9. The second-order valence-corrected chi connectivity index (χ2v) is 8.32. The monoisotopic (exact) mass is 359 g/mol. The van der Waals surface area contributed by atoms with Crippen molar-refractivity contribution in [3.63, 3.8) is 0 Å². The average molecular weight is 359 g/mol. The molecule has 0 radical (unpaired) electrons. The molecule has 24 heavy (non-hydrogen) atoms. The molecular weight excluding hydrogens is 340 g/mol. The van der Waals surface area contributed by atoms with Crippen LogP contribution in [0.2, 0.25) is 0 Å². The van der Waals surface area contributed by atoms with Gasteiger partial charge in [-0.05, 0) is 18.6 Å². The Balaban J connectivity index is 1.56. The van der Waals surface area contributed by atoms with Crippen molar-refractivity contribution in [2.24, 2.45) is 0 Å². The summed E-state index contributed by atoms with van der Waals surface area (Å²) in [6.07, 6.45) is 0.425. The summed E-state index contributed by atoms with van der Waals surface area (Å²) in [5.74, 6) is -1.18. The molecule has 1 N–H and O–H groups in total. The Hall–Kier alpha value is -1.90. The van der Waals surface area contributed by atoms with Crippen molar-refractivity contribution in [3.05, 3.63) is 29.8 Å². The molecule has 6 nitrogen and oxygen atoms in total. The molecular formula is C15H19F2N3O3S. The number of halogens is 2. The van der Waals surface area contributed by atoms with Crippen molar-refractivity contribution in [3.8, 4) is 0 Å². The molecule has 0 saturated carbocycles. The van der Waals surface area contributed by atoms with Gasteiger partial charge in [-0.2, -0.15) is 0 Å². The summed E-state index contributed by atoms with van der Waals surface area (Å²) in [4.78, 5) is 15.3. The standard InChI is InChI=1S/C15H19F2N3O3S/c16-12-2-1-3-13(17)14(12)19-5-7-20(8-6-19)15(21)18-11-4-9-24(22,23)10-11/h1-3,11H,4-10H2,(H,18,21). The van der Waals surface area contributed by atoms with Crippen molar-refractivity contribution in [2.45, 2.75) is 12.5 Å². The molecule has 0 aromatic heterocycles. The second-order valence-electron chi connectivity index (χ2n) is 6.09. The van der Waals surface area contributed by atoms with E-state index < -0.39 is 21.5 Å². The highest BCUT2D eigenvalue weighted by Crippen LogP contribution is 2.24. The zero-order valence-electron chi connectivity index (χ0n) is 13.0. The first-order valence-corrected chi connectivity index (χ1v) is 9.63. The van der Waals surface area contributed by atoms with E-state index in [9.17, 15) is 22.0 Å². The molecule has 2 fully saturated rings. The van der Waals surface area contributed by atoms with Gasteiger partial charge in [-0.15, -0.1) is 0 Å². The lowest BCUT2D eigenvalue weighted by atomic mass is 10.2. The van der Waals surface area contributed by atoms with E-state index in [-0.39, 0.29) is 29.3 Å². The van der Waals surface area contributed by atoms with Gasteiger partial charge < -0.3 is 15.1 Å². The molecule has 9 heteroatoms. The maximum atomic E-state index is 13.8. The third-order valence-corrected chi connectivity index (χ3v) is 6.15. The van der Waals surface area contributed by atoms with Gasteiger partial charge in [-0.25, -0.2) is 22.0 Å². The number of carbonyl (C=O) groups excluding carboxylic acids is 1. The van der Waals surface area contributed by atoms with Crippen LogP contribution in [0.1, 0.15) is 6.42 Å². The van der Waals surface area contributed by atoms with E-state index in [0.717, 1.165) is 0 Å². The van der Waals surface area contributed by atoms with E-state index in [1.165, 1.54) is 18.2 Å². The van der Waals surface area contributed by atoms with Crippen LogP contribution in [0.3, 0.4) is 0 Å². The summed E-state index contributed by atoms with van der Waals surface area (Å²) in [6, 6.07) is 3.04. The summed E-state index contributed by atoms with van der Waals surface area (Å²) in [5.41, 5.74) is -0.0700. The smallest absolute Gasteiger partial charge is 0.317 e. The Kier molecular flexibility index (Phi) is 4.62. The number of hydrogen-bond donors (Lipinski definition) is 1. The number of nitrogens with zero attached hydrogens (tertiary/aromatic N) is 2. The summed E-state index contributed by atoms with van der Waals surface area (Å²) in [7, 11) is -3.05. The Bertz CT molecular complexity index is 713. The zero-order chi connectivity index (χ0) is 17.3.